The molecule has 8 aromatic carbocycles. The molecule has 216 valence electrons. The molecule has 0 bridgehead atoms. The Morgan fingerprint density at radius 1 is 0.413 bits per heavy atom. The van der Waals surface area contributed by atoms with Gasteiger partial charge in [-0.1, -0.05) is 123 Å². The molecule has 0 amide bonds. The van der Waals surface area contributed by atoms with Crippen molar-refractivity contribution >= 4 is 54.1 Å². The molecule has 0 aliphatic heterocycles. The highest BCUT2D eigenvalue weighted by Gasteiger charge is 2.37. The monoisotopic (exact) mass is 585 g/mol. The van der Waals surface area contributed by atoms with Gasteiger partial charge in [0.25, 0.3) is 0 Å². The maximum absolute atomic E-state index is 2.49. The third-order valence-corrected chi connectivity index (χ3v) is 10.5. The fourth-order valence-corrected chi connectivity index (χ4v) is 8.34. The second-order valence-electron chi connectivity index (χ2n) is 13.3. The fourth-order valence-electron chi connectivity index (χ4n) is 8.34. The normalized spacial score (nSPS) is 13.6. The van der Waals surface area contributed by atoms with Gasteiger partial charge in [0, 0.05) is 21.9 Å². The number of benzene rings is 8. The number of para-hydroxylation sites is 2. The lowest BCUT2D eigenvalue weighted by atomic mass is 9.80. The maximum atomic E-state index is 2.49. The van der Waals surface area contributed by atoms with Gasteiger partial charge in [-0.25, -0.2) is 0 Å². The van der Waals surface area contributed by atoms with E-state index in [2.05, 4.69) is 170 Å². The molecule has 0 N–H and O–H groups in total. The zero-order chi connectivity index (χ0) is 30.6. The summed E-state index contributed by atoms with van der Waals surface area (Å²) in [5.74, 6) is 0. The van der Waals surface area contributed by atoms with E-state index in [1.54, 1.807) is 0 Å². The van der Waals surface area contributed by atoms with Gasteiger partial charge in [0.1, 0.15) is 0 Å². The van der Waals surface area contributed by atoms with Gasteiger partial charge >= 0.3 is 0 Å². The Morgan fingerprint density at radius 3 is 1.96 bits per heavy atom. The Morgan fingerprint density at radius 2 is 1.11 bits per heavy atom. The van der Waals surface area contributed by atoms with Crippen LogP contribution in [-0.2, 0) is 5.41 Å². The Hall–Kier alpha value is -5.66. The van der Waals surface area contributed by atoms with Crippen LogP contribution in [0.5, 0.6) is 0 Å². The summed E-state index contributed by atoms with van der Waals surface area (Å²) in [6, 6.07) is 56.3. The number of hydrogen-bond donors (Lipinski definition) is 0. The average molecular weight is 586 g/mol. The van der Waals surface area contributed by atoms with Crippen LogP contribution in [0.25, 0.3) is 82.1 Å². The number of fused-ring (bicyclic) bond motifs is 10. The lowest BCUT2D eigenvalue weighted by molar-refractivity contribution is 0.661. The molecule has 10 rings (SSSR count). The van der Waals surface area contributed by atoms with Crippen molar-refractivity contribution in [3.63, 3.8) is 0 Å². The summed E-state index contributed by atoms with van der Waals surface area (Å²) in [5, 5.41) is 10.4. The molecule has 1 heterocycles. The van der Waals surface area contributed by atoms with Crippen LogP contribution in [0.3, 0.4) is 0 Å². The van der Waals surface area contributed by atoms with E-state index in [0.29, 0.717) is 0 Å². The summed E-state index contributed by atoms with van der Waals surface area (Å²) in [7, 11) is 0. The number of aromatic nitrogens is 1. The van der Waals surface area contributed by atoms with Crippen molar-refractivity contribution in [1.29, 1.82) is 0 Å². The molecule has 0 atom stereocenters. The summed E-state index contributed by atoms with van der Waals surface area (Å²) in [6.45, 7) is 4.80. The van der Waals surface area contributed by atoms with E-state index >= 15 is 0 Å². The third kappa shape index (κ3) is 3.40. The largest absolute Gasteiger partial charge is 0.309 e. The molecule has 1 aromatic heterocycles. The second kappa shape index (κ2) is 9.19. The minimum Gasteiger partial charge on any atom is -0.309 e. The van der Waals surface area contributed by atoms with Gasteiger partial charge in [-0.05, 0) is 108 Å². The van der Waals surface area contributed by atoms with Gasteiger partial charge in [0.15, 0.2) is 0 Å². The van der Waals surface area contributed by atoms with Gasteiger partial charge in [0.05, 0.1) is 11.0 Å². The molecule has 1 aliphatic carbocycles. The van der Waals surface area contributed by atoms with E-state index in [0.717, 1.165) is 0 Å². The van der Waals surface area contributed by atoms with E-state index in [1.807, 2.05) is 0 Å². The summed E-state index contributed by atoms with van der Waals surface area (Å²) in [5.41, 5.74) is 11.6. The molecule has 0 unspecified atom stereocenters. The average Bonchev–Trinajstić information content (AvgIpc) is 3.54. The molecule has 0 fully saturated rings. The van der Waals surface area contributed by atoms with Gasteiger partial charge in [-0.2, -0.15) is 0 Å². The van der Waals surface area contributed by atoms with Gasteiger partial charge in [-0.15, -0.1) is 0 Å². The van der Waals surface area contributed by atoms with Crippen molar-refractivity contribution in [3.05, 3.63) is 163 Å². The van der Waals surface area contributed by atoms with E-state index in [9.17, 15) is 0 Å². The molecule has 0 saturated carbocycles. The number of hydrogen-bond acceptors (Lipinski definition) is 0. The van der Waals surface area contributed by atoms with Crippen molar-refractivity contribution in [3.8, 4) is 27.9 Å². The van der Waals surface area contributed by atoms with Crippen molar-refractivity contribution in [2.75, 3.05) is 0 Å². The summed E-state index contributed by atoms with van der Waals surface area (Å²) in [6.07, 6.45) is 0. The highest BCUT2D eigenvalue weighted by Crippen LogP contribution is 2.52. The van der Waals surface area contributed by atoms with Crippen LogP contribution < -0.4 is 0 Å². The number of nitrogens with zero attached hydrogens (tertiary/aromatic N) is 1. The van der Waals surface area contributed by atoms with Crippen LogP contribution in [0.15, 0.2) is 152 Å². The van der Waals surface area contributed by atoms with Crippen molar-refractivity contribution in [2.24, 2.45) is 0 Å². The Balaban J connectivity index is 1.24. The molecule has 1 heteroatoms. The van der Waals surface area contributed by atoms with Crippen molar-refractivity contribution < 1.29 is 0 Å². The Bertz CT molecular complexity index is 2710. The first-order chi connectivity index (χ1) is 22.6. The van der Waals surface area contributed by atoms with Crippen LogP contribution in [-0.4, -0.2) is 4.57 Å². The summed E-state index contributed by atoms with van der Waals surface area (Å²) in [4.78, 5) is 0. The van der Waals surface area contributed by atoms with Crippen molar-refractivity contribution in [2.45, 2.75) is 19.3 Å². The van der Waals surface area contributed by atoms with Crippen LogP contribution in [0.4, 0.5) is 0 Å². The summed E-state index contributed by atoms with van der Waals surface area (Å²) < 4.78 is 2.43. The second-order valence-corrected chi connectivity index (χ2v) is 13.3. The highest BCUT2D eigenvalue weighted by molar-refractivity contribution is 6.20. The first-order valence-electron chi connectivity index (χ1n) is 16.2. The summed E-state index contributed by atoms with van der Waals surface area (Å²) >= 11 is 0. The van der Waals surface area contributed by atoms with E-state index in [1.165, 1.54) is 93.2 Å². The first kappa shape index (κ1) is 25.6. The topological polar surface area (TPSA) is 4.93 Å². The molecule has 1 aliphatic rings. The first-order valence-corrected chi connectivity index (χ1v) is 16.2. The van der Waals surface area contributed by atoms with Crippen LogP contribution in [0.2, 0.25) is 0 Å². The zero-order valence-electron chi connectivity index (χ0n) is 25.9. The SMILES string of the molecule is CC1(C)c2cc(-c3c4ccccc4cc4c3ccc3ccccc34)ccc2-c2cc3c(cc21)c1ccccc1n3-c1ccccc1. The Kier molecular flexibility index (Phi) is 5.12. The van der Waals surface area contributed by atoms with Crippen molar-refractivity contribution in [1.82, 2.24) is 4.57 Å². The predicted molar refractivity (Wildman–Crippen MR) is 196 cm³/mol. The van der Waals surface area contributed by atoms with E-state index in [4.69, 9.17) is 0 Å². The van der Waals surface area contributed by atoms with E-state index < -0.39 is 0 Å². The minimum absolute atomic E-state index is 0.141. The van der Waals surface area contributed by atoms with Gasteiger partial charge < -0.3 is 4.57 Å². The molecule has 0 radical (unpaired) electrons. The molecule has 0 spiro atoms. The van der Waals surface area contributed by atoms with Crippen LogP contribution in [0.1, 0.15) is 25.0 Å². The molecular weight excluding hydrogens is 555 g/mol. The highest BCUT2D eigenvalue weighted by atomic mass is 15.0. The molecule has 46 heavy (non-hydrogen) atoms. The van der Waals surface area contributed by atoms with Crippen LogP contribution in [0, 0.1) is 0 Å². The molecule has 9 aromatic rings. The maximum Gasteiger partial charge on any atom is 0.0547 e. The van der Waals surface area contributed by atoms with Crippen LogP contribution >= 0.6 is 0 Å². The minimum atomic E-state index is -0.141. The third-order valence-electron chi connectivity index (χ3n) is 10.5. The van der Waals surface area contributed by atoms with Gasteiger partial charge in [0.2, 0.25) is 0 Å². The number of rotatable bonds is 2. The fraction of sp³-hybridized carbons (Fsp3) is 0.0667. The van der Waals surface area contributed by atoms with Gasteiger partial charge in [-0.3, -0.25) is 0 Å². The molecular formula is C45H31N. The standard InChI is InChI=1S/C45H31N/c1-45(2)40-25-30(44-33-17-9-7-13-29(33)24-37-32-16-8-6-12-28(32)20-23-36(37)44)21-22-34(40)38-27-43-39(26-41(38)45)35-18-10-11-19-42(35)46(43)31-14-4-3-5-15-31/h3-27H,1-2H3. The molecule has 0 saturated heterocycles. The smallest absolute Gasteiger partial charge is 0.0547 e. The zero-order valence-corrected chi connectivity index (χ0v) is 25.9. The van der Waals surface area contributed by atoms with E-state index in [-0.39, 0.29) is 5.41 Å². The predicted octanol–water partition coefficient (Wildman–Crippen LogP) is 12.2. The molecule has 1 nitrogen and oxygen atoms in total. The Labute approximate surface area is 268 Å². The quantitative estimate of drug-likeness (QED) is 0.140. The lowest BCUT2D eigenvalue weighted by Gasteiger charge is -2.23. The lowest BCUT2D eigenvalue weighted by Crippen LogP contribution is -2.15.